The molecule has 6 heteroatoms. The molecule has 4 fully saturated rings. The van der Waals surface area contributed by atoms with Gasteiger partial charge in [-0.2, -0.15) is 0 Å². The molecule has 2 bridgehead atoms. The zero-order chi connectivity index (χ0) is 16.5. The molecular weight excluding hydrogens is 298 g/mol. The zero-order valence-corrected chi connectivity index (χ0v) is 13.1. The van der Waals surface area contributed by atoms with Crippen LogP contribution in [0, 0.1) is 29.6 Å². The summed E-state index contributed by atoms with van der Waals surface area (Å²) in [6, 6.07) is -0.0500. The molecule has 0 aromatic heterocycles. The number of carbonyl (C=O) groups excluding carboxylic acids is 3. The van der Waals surface area contributed by atoms with Crippen LogP contribution in [-0.4, -0.2) is 46.5 Å². The monoisotopic (exact) mass is 319 g/mol. The molecule has 0 aromatic rings. The van der Waals surface area contributed by atoms with Crippen LogP contribution in [0.5, 0.6) is 0 Å². The van der Waals surface area contributed by atoms with Gasteiger partial charge < -0.3 is 9.84 Å². The van der Waals surface area contributed by atoms with E-state index in [9.17, 15) is 19.5 Å². The molecule has 6 nitrogen and oxygen atoms in total. The van der Waals surface area contributed by atoms with E-state index >= 15 is 0 Å². The van der Waals surface area contributed by atoms with Gasteiger partial charge in [0.15, 0.2) is 6.61 Å². The Labute approximate surface area is 134 Å². The summed E-state index contributed by atoms with van der Waals surface area (Å²) in [5, 5.41) is 10.1. The van der Waals surface area contributed by atoms with Crippen LogP contribution in [-0.2, 0) is 19.1 Å². The van der Waals surface area contributed by atoms with Gasteiger partial charge in [0.1, 0.15) is 0 Å². The lowest BCUT2D eigenvalue weighted by atomic mass is 9.77. The number of hydrogen-bond acceptors (Lipinski definition) is 5. The Bertz CT molecular complexity index is 614. The predicted octanol–water partition coefficient (Wildman–Crippen LogP) is 0.496. The Morgan fingerprint density at radius 1 is 1.30 bits per heavy atom. The van der Waals surface area contributed by atoms with Crippen molar-refractivity contribution < 1.29 is 24.2 Å². The SMILES string of the molecule is C=C(C)C(=O)OCC(=O)N1C(=O)C2CC3C4CC(CC4O)C3C21. The van der Waals surface area contributed by atoms with Crippen molar-refractivity contribution in [1.82, 2.24) is 4.90 Å². The lowest BCUT2D eigenvalue weighted by molar-refractivity contribution is -0.171. The van der Waals surface area contributed by atoms with Gasteiger partial charge in [-0.1, -0.05) is 6.58 Å². The van der Waals surface area contributed by atoms with Crippen molar-refractivity contribution in [2.45, 2.75) is 38.3 Å². The molecule has 23 heavy (non-hydrogen) atoms. The van der Waals surface area contributed by atoms with Crippen molar-refractivity contribution in [3.05, 3.63) is 12.2 Å². The third kappa shape index (κ3) is 1.94. The minimum absolute atomic E-state index is 0.0500. The van der Waals surface area contributed by atoms with Gasteiger partial charge in [0.2, 0.25) is 5.91 Å². The Balaban J connectivity index is 1.45. The maximum Gasteiger partial charge on any atom is 0.333 e. The molecule has 7 unspecified atom stereocenters. The first kappa shape index (κ1) is 14.9. The molecule has 1 aliphatic heterocycles. The normalized spacial score (nSPS) is 43.0. The van der Waals surface area contributed by atoms with E-state index < -0.39 is 18.5 Å². The van der Waals surface area contributed by atoms with Gasteiger partial charge >= 0.3 is 5.97 Å². The van der Waals surface area contributed by atoms with Gasteiger partial charge in [0.25, 0.3) is 5.91 Å². The van der Waals surface area contributed by atoms with Gasteiger partial charge in [-0.3, -0.25) is 14.5 Å². The van der Waals surface area contributed by atoms with E-state index in [1.54, 1.807) is 0 Å². The number of rotatable bonds is 3. The second kappa shape index (κ2) is 4.90. The summed E-state index contributed by atoms with van der Waals surface area (Å²) in [4.78, 5) is 37.3. The van der Waals surface area contributed by atoms with Crippen LogP contribution in [0.1, 0.15) is 26.2 Å². The Hall–Kier alpha value is -1.69. The van der Waals surface area contributed by atoms with Crippen LogP contribution >= 0.6 is 0 Å². The topological polar surface area (TPSA) is 83.9 Å². The maximum absolute atomic E-state index is 12.3. The van der Waals surface area contributed by atoms with Crippen molar-refractivity contribution in [2.24, 2.45) is 29.6 Å². The van der Waals surface area contributed by atoms with E-state index in [0.29, 0.717) is 23.7 Å². The lowest BCUT2D eigenvalue weighted by Crippen LogP contribution is -2.64. The zero-order valence-electron chi connectivity index (χ0n) is 13.1. The summed E-state index contributed by atoms with van der Waals surface area (Å²) in [5.41, 5.74) is 0.230. The van der Waals surface area contributed by atoms with Gasteiger partial charge in [-0.05, 0) is 49.9 Å². The van der Waals surface area contributed by atoms with E-state index in [1.807, 2.05) is 0 Å². The number of aliphatic hydroxyl groups is 1. The van der Waals surface area contributed by atoms with Crippen molar-refractivity contribution >= 4 is 17.8 Å². The average Bonchev–Trinajstić information content (AvgIpc) is 3.13. The molecule has 3 saturated carbocycles. The fourth-order valence-corrected chi connectivity index (χ4v) is 5.51. The van der Waals surface area contributed by atoms with Crippen molar-refractivity contribution in [3.63, 3.8) is 0 Å². The minimum Gasteiger partial charge on any atom is -0.452 e. The molecule has 7 atom stereocenters. The predicted molar refractivity (Wildman–Crippen MR) is 78.7 cm³/mol. The molecule has 124 valence electrons. The third-order valence-electron chi connectivity index (χ3n) is 6.33. The molecule has 1 heterocycles. The van der Waals surface area contributed by atoms with E-state index in [2.05, 4.69) is 6.58 Å². The number of aliphatic hydroxyl groups excluding tert-OH is 1. The van der Waals surface area contributed by atoms with Gasteiger partial charge in [0, 0.05) is 5.57 Å². The number of ether oxygens (including phenoxy) is 1. The van der Waals surface area contributed by atoms with Crippen LogP contribution in [0.2, 0.25) is 0 Å². The Kier molecular flexibility index (Phi) is 3.17. The number of carbonyl (C=O) groups is 3. The highest BCUT2D eigenvalue weighted by molar-refractivity contribution is 6.03. The summed E-state index contributed by atoms with van der Waals surface area (Å²) in [6.07, 6.45) is 2.35. The van der Waals surface area contributed by atoms with E-state index in [-0.39, 0.29) is 29.5 Å². The largest absolute Gasteiger partial charge is 0.452 e. The van der Waals surface area contributed by atoms with E-state index in [1.165, 1.54) is 11.8 Å². The highest BCUT2D eigenvalue weighted by atomic mass is 16.5. The quantitative estimate of drug-likeness (QED) is 0.465. The van der Waals surface area contributed by atoms with Gasteiger partial charge in [-0.25, -0.2) is 4.79 Å². The van der Waals surface area contributed by atoms with Crippen molar-refractivity contribution in [2.75, 3.05) is 6.61 Å². The molecule has 0 aromatic carbocycles. The highest BCUT2D eigenvalue weighted by Crippen LogP contribution is 2.63. The lowest BCUT2D eigenvalue weighted by Gasteiger charge is -2.45. The van der Waals surface area contributed by atoms with E-state index in [4.69, 9.17) is 4.74 Å². The van der Waals surface area contributed by atoms with Crippen LogP contribution < -0.4 is 0 Å². The molecule has 1 N–H and O–H groups in total. The van der Waals surface area contributed by atoms with Crippen LogP contribution in [0.3, 0.4) is 0 Å². The molecular formula is C17H21NO5. The maximum atomic E-state index is 12.3. The standard InChI is InChI=1S/C17H21NO5/c1-7(2)17(22)23-6-13(20)18-15-11(16(18)21)5-10-9-3-8(14(10)15)4-12(9)19/h8-12,14-15,19H,1,3-6H2,2H3. The third-order valence-corrected chi connectivity index (χ3v) is 6.33. The fraction of sp³-hybridized carbons (Fsp3) is 0.706. The van der Waals surface area contributed by atoms with Gasteiger partial charge in [0.05, 0.1) is 18.1 Å². The second-order valence-corrected chi connectivity index (χ2v) is 7.50. The first-order valence-electron chi connectivity index (χ1n) is 8.26. The summed E-state index contributed by atoms with van der Waals surface area (Å²) < 4.78 is 4.89. The molecule has 2 amide bonds. The summed E-state index contributed by atoms with van der Waals surface area (Å²) in [7, 11) is 0. The average molecular weight is 319 g/mol. The van der Waals surface area contributed by atoms with Crippen LogP contribution in [0.25, 0.3) is 0 Å². The highest BCUT2D eigenvalue weighted by Gasteiger charge is 2.68. The molecule has 3 aliphatic carbocycles. The molecule has 0 spiro atoms. The van der Waals surface area contributed by atoms with Crippen molar-refractivity contribution in [3.8, 4) is 0 Å². The number of nitrogens with zero attached hydrogens (tertiary/aromatic N) is 1. The first-order chi connectivity index (χ1) is 10.9. The minimum atomic E-state index is -0.616. The Morgan fingerprint density at radius 3 is 2.74 bits per heavy atom. The Morgan fingerprint density at radius 2 is 2.04 bits per heavy atom. The number of esters is 1. The number of amides is 2. The van der Waals surface area contributed by atoms with Gasteiger partial charge in [-0.15, -0.1) is 0 Å². The summed E-state index contributed by atoms with van der Waals surface area (Å²) in [5.74, 6) is 0.115. The summed E-state index contributed by atoms with van der Waals surface area (Å²) in [6.45, 7) is 4.57. The number of imide groups is 1. The first-order valence-corrected chi connectivity index (χ1v) is 8.26. The molecule has 4 rings (SSSR count). The fourth-order valence-electron chi connectivity index (χ4n) is 5.51. The molecule has 4 aliphatic rings. The van der Waals surface area contributed by atoms with E-state index in [0.717, 1.165) is 19.3 Å². The molecule has 0 radical (unpaired) electrons. The summed E-state index contributed by atoms with van der Waals surface area (Å²) >= 11 is 0. The van der Waals surface area contributed by atoms with Crippen LogP contribution in [0.15, 0.2) is 12.2 Å². The smallest absolute Gasteiger partial charge is 0.333 e. The van der Waals surface area contributed by atoms with Crippen LogP contribution in [0.4, 0.5) is 0 Å². The second-order valence-electron chi connectivity index (χ2n) is 7.50. The number of hydrogen-bond donors (Lipinski definition) is 1. The van der Waals surface area contributed by atoms with Crippen molar-refractivity contribution in [1.29, 1.82) is 0 Å². The number of likely N-dealkylation sites (tertiary alicyclic amines) is 1. The number of β-lactam (4-membered cyclic amide) rings is 1. The molecule has 1 saturated heterocycles. The number of fused-ring (bicyclic) bond motifs is 7.